The third-order valence-corrected chi connectivity index (χ3v) is 4.62. The van der Waals surface area contributed by atoms with Crippen LogP contribution in [0.5, 0.6) is 0 Å². The van der Waals surface area contributed by atoms with Crippen molar-refractivity contribution >= 4 is 28.6 Å². The molecule has 1 fully saturated rings. The lowest BCUT2D eigenvalue weighted by Crippen LogP contribution is -2.43. The highest BCUT2D eigenvalue weighted by atomic mass is 35.5. The van der Waals surface area contributed by atoms with E-state index in [4.69, 9.17) is 16.0 Å². The van der Waals surface area contributed by atoms with Crippen molar-refractivity contribution in [3.8, 4) is 0 Å². The lowest BCUT2D eigenvalue weighted by molar-refractivity contribution is -0.123. The Morgan fingerprint density at radius 2 is 2.18 bits per heavy atom. The fraction of sp³-hybridized carbons (Fsp3) is 0.500. The summed E-state index contributed by atoms with van der Waals surface area (Å²) in [5.41, 5.74) is 0.984. The molecule has 6 heteroatoms. The SMILES string of the molecule is C[C@@H]1CCCC[C@H]1NC(=O)Cn1c(=O)oc2ccc(Cl)cc21. The molecule has 1 heterocycles. The molecular weight excluding hydrogens is 304 g/mol. The van der Waals surface area contributed by atoms with Gasteiger partial charge in [0.15, 0.2) is 5.58 Å². The first kappa shape index (κ1) is 15.2. The predicted molar refractivity (Wildman–Crippen MR) is 85.0 cm³/mol. The number of carbonyl (C=O) groups excluding carboxylic acids is 1. The lowest BCUT2D eigenvalue weighted by atomic mass is 9.86. The minimum atomic E-state index is -0.538. The molecule has 5 nitrogen and oxygen atoms in total. The molecule has 0 bridgehead atoms. The zero-order chi connectivity index (χ0) is 15.7. The first-order valence-electron chi connectivity index (χ1n) is 7.63. The van der Waals surface area contributed by atoms with E-state index in [2.05, 4.69) is 12.2 Å². The number of rotatable bonds is 3. The quantitative estimate of drug-likeness (QED) is 0.945. The van der Waals surface area contributed by atoms with Crippen molar-refractivity contribution in [2.24, 2.45) is 5.92 Å². The van der Waals surface area contributed by atoms with Crippen molar-refractivity contribution in [1.82, 2.24) is 9.88 Å². The molecule has 2 aromatic rings. The van der Waals surface area contributed by atoms with Gasteiger partial charge in [-0.15, -0.1) is 0 Å². The maximum absolute atomic E-state index is 12.3. The number of aromatic nitrogens is 1. The molecular formula is C16H19ClN2O3. The first-order valence-corrected chi connectivity index (χ1v) is 8.00. The predicted octanol–water partition coefficient (Wildman–Crippen LogP) is 2.94. The number of hydrogen-bond donors (Lipinski definition) is 1. The fourth-order valence-corrected chi connectivity index (χ4v) is 3.28. The van der Waals surface area contributed by atoms with Gasteiger partial charge in [0.05, 0.1) is 5.52 Å². The van der Waals surface area contributed by atoms with Crippen LogP contribution < -0.4 is 11.1 Å². The number of hydrogen-bond acceptors (Lipinski definition) is 3. The van der Waals surface area contributed by atoms with Crippen LogP contribution in [-0.2, 0) is 11.3 Å². The number of oxazole rings is 1. The van der Waals surface area contributed by atoms with Crippen LogP contribution in [-0.4, -0.2) is 16.5 Å². The van der Waals surface area contributed by atoms with Crippen molar-refractivity contribution in [3.63, 3.8) is 0 Å². The van der Waals surface area contributed by atoms with Crippen molar-refractivity contribution in [2.45, 2.75) is 45.2 Å². The van der Waals surface area contributed by atoms with Gasteiger partial charge in [-0.25, -0.2) is 4.79 Å². The molecule has 1 saturated carbocycles. The van der Waals surface area contributed by atoms with Gasteiger partial charge in [0.1, 0.15) is 6.54 Å². The summed E-state index contributed by atoms with van der Waals surface area (Å²) < 4.78 is 6.46. The number of benzene rings is 1. The van der Waals surface area contributed by atoms with E-state index in [-0.39, 0.29) is 18.5 Å². The van der Waals surface area contributed by atoms with Crippen LogP contribution in [0.3, 0.4) is 0 Å². The van der Waals surface area contributed by atoms with Crippen LogP contribution in [0.25, 0.3) is 11.1 Å². The van der Waals surface area contributed by atoms with E-state index in [1.807, 2.05) is 0 Å². The number of halogens is 1. The Hall–Kier alpha value is -1.75. The maximum atomic E-state index is 12.3. The summed E-state index contributed by atoms with van der Waals surface area (Å²) in [5, 5.41) is 3.54. The second-order valence-electron chi connectivity index (χ2n) is 6.00. The Balaban J connectivity index is 1.78. The fourth-order valence-electron chi connectivity index (χ4n) is 3.11. The second kappa shape index (κ2) is 6.16. The van der Waals surface area contributed by atoms with E-state index in [1.54, 1.807) is 18.2 Å². The molecule has 2 atom stereocenters. The van der Waals surface area contributed by atoms with Crippen LogP contribution in [0, 0.1) is 5.92 Å². The average Bonchev–Trinajstić information content (AvgIpc) is 2.77. The van der Waals surface area contributed by atoms with Crippen LogP contribution in [0.4, 0.5) is 0 Å². The number of fused-ring (bicyclic) bond motifs is 1. The highest BCUT2D eigenvalue weighted by Gasteiger charge is 2.23. The molecule has 1 aliphatic carbocycles. The molecule has 118 valence electrons. The summed E-state index contributed by atoms with van der Waals surface area (Å²) in [6.07, 6.45) is 4.49. The number of amides is 1. The molecule has 1 amide bonds. The molecule has 3 rings (SSSR count). The summed E-state index contributed by atoms with van der Waals surface area (Å²) in [5.74, 6) is -0.224. The normalized spacial score (nSPS) is 21.9. The van der Waals surface area contributed by atoms with Gasteiger partial charge in [-0.1, -0.05) is 31.4 Å². The van der Waals surface area contributed by atoms with E-state index >= 15 is 0 Å². The maximum Gasteiger partial charge on any atom is 0.420 e. The molecule has 1 aliphatic rings. The van der Waals surface area contributed by atoms with E-state index < -0.39 is 5.76 Å². The largest absolute Gasteiger partial charge is 0.420 e. The van der Waals surface area contributed by atoms with Gasteiger partial charge in [-0.2, -0.15) is 0 Å². The van der Waals surface area contributed by atoms with Gasteiger partial charge in [0.2, 0.25) is 5.91 Å². The zero-order valence-electron chi connectivity index (χ0n) is 12.5. The van der Waals surface area contributed by atoms with Crippen molar-refractivity contribution in [2.75, 3.05) is 0 Å². The van der Waals surface area contributed by atoms with Crippen LogP contribution in [0.1, 0.15) is 32.6 Å². The molecule has 1 N–H and O–H groups in total. The van der Waals surface area contributed by atoms with Gasteiger partial charge in [-0.05, 0) is 37.0 Å². The molecule has 0 aliphatic heterocycles. The van der Waals surface area contributed by atoms with E-state index in [0.29, 0.717) is 22.0 Å². The van der Waals surface area contributed by atoms with Gasteiger partial charge in [0.25, 0.3) is 0 Å². The highest BCUT2D eigenvalue weighted by molar-refractivity contribution is 6.31. The Labute approximate surface area is 133 Å². The average molecular weight is 323 g/mol. The number of nitrogens with one attached hydrogen (secondary N) is 1. The summed E-state index contributed by atoms with van der Waals surface area (Å²) in [7, 11) is 0. The lowest BCUT2D eigenvalue weighted by Gasteiger charge is -2.29. The van der Waals surface area contributed by atoms with Gasteiger partial charge in [-0.3, -0.25) is 9.36 Å². The van der Waals surface area contributed by atoms with E-state index in [1.165, 1.54) is 11.0 Å². The highest BCUT2D eigenvalue weighted by Crippen LogP contribution is 2.24. The summed E-state index contributed by atoms with van der Waals surface area (Å²) >= 11 is 5.95. The monoisotopic (exact) mass is 322 g/mol. The Morgan fingerprint density at radius 1 is 1.41 bits per heavy atom. The second-order valence-corrected chi connectivity index (χ2v) is 6.44. The summed E-state index contributed by atoms with van der Waals surface area (Å²) in [6.45, 7) is 2.11. The Morgan fingerprint density at radius 3 is 2.95 bits per heavy atom. The van der Waals surface area contributed by atoms with E-state index in [9.17, 15) is 9.59 Å². The third-order valence-electron chi connectivity index (χ3n) is 4.39. The summed E-state index contributed by atoms with van der Waals surface area (Å²) in [6, 6.07) is 5.12. The van der Waals surface area contributed by atoms with Crippen LogP contribution in [0.2, 0.25) is 5.02 Å². The van der Waals surface area contributed by atoms with Crippen molar-refractivity contribution in [1.29, 1.82) is 0 Å². The standard InChI is InChI=1S/C16H19ClN2O3/c1-10-4-2-3-5-12(10)18-15(20)9-19-13-8-11(17)6-7-14(13)22-16(19)21/h6-8,10,12H,2-5,9H2,1H3,(H,18,20)/t10-,12-/m1/s1. The van der Waals surface area contributed by atoms with Crippen molar-refractivity contribution < 1.29 is 9.21 Å². The Kier molecular flexibility index (Phi) is 4.25. The van der Waals surface area contributed by atoms with Crippen molar-refractivity contribution in [3.05, 3.63) is 33.8 Å². The smallest absolute Gasteiger partial charge is 0.408 e. The number of carbonyl (C=O) groups is 1. The molecule has 0 radical (unpaired) electrons. The molecule has 22 heavy (non-hydrogen) atoms. The summed E-state index contributed by atoms with van der Waals surface area (Å²) in [4.78, 5) is 24.2. The number of nitrogens with zero attached hydrogens (tertiary/aromatic N) is 1. The van der Waals surface area contributed by atoms with Gasteiger partial charge < -0.3 is 9.73 Å². The molecule has 0 spiro atoms. The van der Waals surface area contributed by atoms with Gasteiger partial charge in [0, 0.05) is 11.1 Å². The zero-order valence-corrected chi connectivity index (χ0v) is 13.2. The molecule has 1 aromatic carbocycles. The minimum absolute atomic E-state index is 0.0462. The first-order chi connectivity index (χ1) is 10.5. The Bertz CT molecular complexity index is 749. The third kappa shape index (κ3) is 3.04. The topological polar surface area (TPSA) is 64.2 Å². The van der Waals surface area contributed by atoms with Crippen LogP contribution in [0.15, 0.2) is 27.4 Å². The molecule has 0 saturated heterocycles. The molecule has 1 aromatic heterocycles. The van der Waals surface area contributed by atoms with Crippen LogP contribution >= 0.6 is 11.6 Å². The van der Waals surface area contributed by atoms with E-state index in [0.717, 1.165) is 19.3 Å². The minimum Gasteiger partial charge on any atom is -0.408 e. The molecule has 0 unspecified atom stereocenters. The van der Waals surface area contributed by atoms with Gasteiger partial charge >= 0.3 is 5.76 Å².